The predicted molar refractivity (Wildman–Crippen MR) is 43.0 cm³/mol. The Bertz CT molecular complexity index is 68.6. The molecule has 3 nitrogen and oxygen atoms in total. The van der Waals surface area contributed by atoms with E-state index < -0.39 is 0 Å². The highest BCUT2D eigenvalue weighted by molar-refractivity contribution is 4.58. The zero-order valence-corrected chi connectivity index (χ0v) is 7.11. The second-order valence-electron chi connectivity index (χ2n) is 2.25. The molecule has 0 aromatic rings. The van der Waals surface area contributed by atoms with E-state index in [4.69, 9.17) is 4.74 Å². The molecule has 0 heterocycles. The molecule has 0 aromatic heterocycles. The van der Waals surface area contributed by atoms with Gasteiger partial charge in [-0.25, -0.2) is 0 Å². The number of hydrogen-bond donors (Lipinski definition) is 2. The van der Waals surface area contributed by atoms with Crippen LogP contribution in [0.5, 0.6) is 0 Å². The van der Waals surface area contributed by atoms with Crippen LogP contribution < -0.4 is 10.6 Å². The molecule has 0 amide bonds. The third-order valence-electron chi connectivity index (χ3n) is 1.32. The first-order valence-corrected chi connectivity index (χ1v) is 3.74. The zero-order valence-electron chi connectivity index (χ0n) is 7.11. The monoisotopic (exact) mass is 146 g/mol. The third-order valence-corrected chi connectivity index (χ3v) is 1.32. The first-order chi connectivity index (χ1) is 4.85. The van der Waals surface area contributed by atoms with Crippen LogP contribution in [0.1, 0.15) is 13.3 Å². The van der Waals surface area contributed by atoms with Gasteiger partial charge in [0.2, 0.25) is 0 Å². The summed E-state index contributed by atoms with van der Waals surface area (Å²) < 4.78 is 4.97. The van der Waals surface area contributed by atoms with Crippen LogP contribution in [0.25, 0.3) is 0 Å². The van der Waals surface area contributed by atoms with Gasteiger partial charge in [0.15, 0.2) is 0 Å². The SMILES string of the molecule is CCCNC(COC)NC. The largest absolute Gasteiger partial charge is 0.382 e. The highest BCUT2D eigenvalue weighted by Gasteiger charge is 2.00. The molecule has 0 spiro atoms. The van der Waals surface area contributed by atoms with E-state index in [1.807, 2.05) is 7.05 Å². The van der Waals surface area contributed by atoms with E-state index in [-0.39, 0.29) is 0 Å². The smallest absolute Gasteiger partial charge is 0.0810 e. The molecule has 0 rings (SSSR count). The molecule has 62 valence electrons. The van der Waals surface area contributed by atoms with Crippen LogP contribution >= 0.6 is 0 Å². The molecule has 0 radical (unpaired) electrons. The molecular formula is C7H18N2O. The predicted octanol–water partition coefficient (Wildman–Crippen LogP) is 0.178. The molecule has 0 bridgehead atoms. The fourth-order valence-corrected chi connectivity index (χ4v) is 0.730. The Kier molecular flexibility index (Phi) is 6.91. The Balaban J connectivity index is 3.21. The van der Waals surface area contributed by atoms with Crippen molar-refractivity contribution < 1.29 is 4.74 Å². The molecule has 0 aliphatic carbocycles. The number of rotatable bonds is 6. The van der Waals surface area contributed by atoms with Gasteiger partial charge < -0.3 is 15.4 Å². The summed E-state index contributed by atoms with van der Waals surface area (Å²) in [7, 11) is 3.63. The molecular weight excluding hydrogens is 128 g/mol. The van der Waals surface area contributed by atoms with Crippen LogP contribution in [0.3, 0.4) is 0 Å². The van der Waals surface area contributed by atoms with Gasteiger partial charge >= 0.3 is 0 Å². The summed E-state index contributed by atoms with van der Waals surface area (Å²) in [6.07, 6.45) is 1.45. The van der Waals surface area contributed by atoms with Crippen molar-refractivity contribution in [1.29, 1.82) is 0 Å². The number of likely N-dealkylation sites (N-methyl/N-ethyl adjacent to an activating group) is 1. The van der Waals surface area contributed by atoms with E-state index in [1.165, 1.54) is 0 Å². The molecule has 0 fully saturated rings. The average Bonchev–Trinajstić information content (AvgIpc) is 1.98. The second-order valence-corrected chi connectivity index (χ2v) is 2.25. The van der Waals surface area contributed by atoms with Crippen molar-refractivity contribution in [2.45, 2.75) is 19.5 Å². The molecule has 0 aromatic carbocycles. The molecule has 3 heteroatoms. The quantitative estimate of drug-likeness (QED) is 0.524. The van der Waals surface area contributed by atoms with E-state index in [2.05, 4.69) is 17.6 Å². The molecule has 1 atom stereocenters. The summed E-state index contributed by atoms with van der Waals surface area (Å²) >= 11 is 0. The Morgan fingerprint density at radius 1 is 1.50 bits per heavy atom. The maximum atomic E-state index is 4.97. The average molecular weight is 146 g/mol. The zero-order chi connectivity index (χ0) is 7.82. The Morgan fingerprint density at radius 2 is 2.20 bits per heavy atom. The van der Waals surface area contributed by atoms with Crippen molar-refractivity contribution >= 4 is 0 Å². The van der Waals surface area contributed by atoms with Gasteiger partial charge in [-0.15, -0.1) is 0 Å². The maximum absolute atomic E-state index is 4.97. The first kappa shape index (κ1) is 9.88. The lowest BCUT2D eigenvalue weighted by atomic mass is 10.4. The van der Waals surface area contributed by atoms with Crippen molar-refractivity contribution in [3.05, 3.63) is 0 Å². The molecule has 0 saturated heterocycles. The maximum Gasteiger partial charge on any atom is 0.0810 e. The Morgan fingerprint density at radius 3 is 2.60 bits per heavy atom. The van der Waals surface area contributed by atoms with Gasteiger partial charge in [0.05, 0.1) is 12.8 Å². The summed E-state index contributed by atoms with van der Waals surface area (Å²) in [6, 6.07) is 0. The van der Waals surface area contributed by atoms with E-state index in [9.17, 15) is 0 Å². The van der Waals surface area contributed by atoms with Crippen molar-refractivity contribution in [2.24, 2.45) is 0 Å². The van der Waals surface area contributed by atoms with Crippen LogP contribution in [-0.2, 0) is 4.74 Å². The minimum Gasteiger partial charge on any atom is -0.382 e. The van der Waals surface area contributed by atoms with E-state index in [0.29, 0.717) is 6.17 Å². The van der Waals surface area contributed by atoms with Crippen LogP contribution in [0.4, 0.5) is 0 Å². The third kappa shape index (κ3) is 4.73. The van der Waals surface area contributed by atoms with Crippen molar-refractivity contribution in [1.82, 2.24) is 10.6 Å². The second kappa shape index (κ2) is 6.99. The summed E-state index contributed by atoms with van der Waals surface area (Å²) in [6.45, 7) is 3.90. The van der Waals surface area contributed by atoms with Crippen LogP contribution in [0.15, 0.2) is 0 Å². The van der Waals surface area contributed by atoms with Gasteiger partial charge in [-0.1, -0.05) is 6.92 Å². The van der Waals surface area contributed by atoms with E-state index in [0.717, 1.165) is 19.6 Å². The highest BCUT2D eigenvalue weighted by Crippen LogP contribution is 1.78. The lowest BCUT2D eigenvalue weighted by Gasteiger charge is -2.15. The molecule has 1 unspecified atom stereocenters. The Hall–Kier alpha value is -0.120. The fraction of sp³-hybridized carbons (Fsp3) is 1.00. The van der Waals surface area contributed by atoms with Crippen molar-refractivity contribution in [3.8, 4) is 0 Å². The molecule has 0 aliphatic heterocycles. The lowest BCUT2D eigenvalue weighted by Crippen LogP contribution is -2.43. The molecule has 0 saturated carbocycles. The highest BCUT2D eigenvalue weighted by atomic mass is 16.5. The van der Waals surface area contributed by atoms with Crippen molar-refractivity contribution in [2.75, 3.05) is 27.3 Å². The van der Waals surface area contributed by atoms with Crippen LogP contribution in [-0.4, -0.2) is 33.5 Å². The first-order valence-electron chi connectivity index (χ1n) is 3.74. The number of methoxy groups -OCH3 is 1. The van der Waals surface area contributed by atoms with Gasteiger partial charge in [-0.05, 0) is 20.0 Å². The van der Waals surface area contributed by atoms with Crippen molar-refractivity contribution in [3.63, 3.8) is 0 Å². The summed E-state index contributed by atoms with van der Waals surface area (Å²) in [5.41, 5.74) is 0. The summed E-state index contributed by atoms with van der Waals surface area (Å²) in [5.74, 6) is 0. The van der Waals surface area contributed by atoms with E-state index in [1.54, 1.807) is 7.11 Å². The number of nitrogens with one attached hydrogen (secondary N) is 2. The van der Waals surface area contributed by atoms with Gasteiger partial charge in [0, 0.05) is 7.11 Å². The summed E-state index contributed by atoms with van der Waals surface area (Å²) in [5, 5.41) is 6.39. The minimum absolute atomic E-state index is 0.296. The molecule has 2 N–H and O–H groups in total. The standard InChI is InChI=1S/C7H18N2O/c1-4-5-9-7(8-2)6-10-3/h7-9H,4-6H2,1-3H3. The van der Waals surface area contributed by atoms with Gasteiger partial charge in [-0.3, -0.25) is 0 Å². The van der Waals surface area contributed by atoms with E-state index >= 15 is 0 Å². The topological polar surface area (TPSA) is 33.3 Å². The van der Waals surface area contributed by atoms with Crippen LogP contribution in [0, 0.1) is 0 Å². The van der Waals surface area contributed by atoms with Crippen LogP contribution in [0.2, 0.25) is 0 Å². The van der Waals surface area contributed by atoms with Gasteiger partial charge in [0.1, 0.15) is 0 Å². The summed E-state index contributed by atoms with van der Waals surface area (Å²) in [4.78, 5) is 0. The Labute approximate surface area is 63.1 Å². The normalized spacial score (nSPS) is 13.5. The fourth-order valence-electron chi connectivity index (χ4n) is 0.730. The molecule has 0 aliphatic rings. The lowest BCUT2D eigenvalue weighted by molar-refractivity contribution is 0.156. The minimum atomic E-state index is 0.296. The number of hydrogen-bond acceptors (Lipinski definition) is 3. The number of ether oxygens (including phenoxy) is 1. The molecule has 10 heavy (non-hydrogen) atoms. The van der Waals surface area contributed by atoms with Gasteiger partial charge in [0.25, 0.3) is 0 Å². The van der Waals surface area contributed by atoms with Gasteiger partial charge in [-0.2, -0.15) is 0 Å².